The van der Waals surface area contributed by atoms with Crippen LogP contribution in [0.15, 0.2) is 0 Å². The number of fused-ring (bicyclic) bond motifs is 5. The number of Topliss-reactive ketones (excluding diaryl/α,β-unsaturated/α-hetero) is 1. The monoisotopic (exact) mass is 414 g/mol. The Morgan fingerprint density at radius 2 is 1.63 bits per heavy atom. The largest absolute Gasteiger partial charge is 0.300 e. The first-order chi connectivity index (χ1) is 14.2. The van der Waals surface area contributed by atoms with Gasteiger partial charge in [-0.15, -0.1) is 0 Å². The van der Waals surface area contributed by atoms with Crippen LogP contribution in [0, 0.1) is 58.2 Å². The van der Waals surface area contributed by atoms with E-state index in [4.69, 9.17) is 0 Å². The van der Waals surface area contributed by atoms with Crippen molar-refractivity contribution in [2.45, 2.75) is 119 Å². The van der Waals surface area contributed by atoms with Crippen LogP contribution in [0.4, 0.5) is 0 Å². The lowest BCUT2D eigenvalue weighted by Crippen LogP contribution is -2.53. The molecule has 172 valence electrons. The second-order valence-electron chi connectivity index (χ2n) is 13.1. The number of carbonyl (C=O) groups excluding carboxylic acids is 1. The molecule has 0 radical (unpaired) electrons. The second kappa shape index (κ2) is 8.55. The van der Waals surface area contributed by atoms with Crippen LogP contribution >= 0.6 is 0 Å². The molecule has 4 aliphatic carbocycles. The standard InChI is InChI=1S/C29H50O/c1-7-21(19(2)3)9-8-20(4)25-12-13-26-24-11-10-22-18-23(30)14-16-28(22,5)27(24)15-17-29(25,26)6/h19-22,24-27H,7-18H2,1-6H3/t20-,21-,22-,24+,25-,26+,27-,28+,29-/m1/s1. The maximum Gasteiger partial charge on any atom is 0.133 e. The molecule has 1 heteroatoms. The van der Waals surface area contributed by atoms with Gasteiger partial charge in [-0.1, -0.05) is 54.4 Å². The molecule has 0 aromatic heterocycles. The van der Waals surface area contributed by atoms with Crippen LogP contribution in [-0.2, 0) is 4.79 Å². The van der Waals surface area contributed by atoms with E-state index in [9.17, 15) is 4.79 Å². The van der Waals surface area contributed by atoms with Gasteiger partial charge in [0, 0.05) is 12.8 Å². The van der Waals surface area contributed by atoms with Crippen LogP contribution in [0.3, 0.4) is 0 Å². The van der Waals surface area contributed by atoms with Gasteiger partial charge in [0.1, 0.15) is 5.78 Å². The summed E-state index contributed by atoms with van der Waals surface area (Å²) >= 11 is 0. The molecule has 4 fully saturated rings. The van der Waals surface area contributed by atoms with E-state index in [1.54, 1.807) is 0 Å². The van der Waals surface area contributed by atoms with Crippen LogP contribution in [-0.4, -0.2) is 5.78 Å². The molecule has 0 unspecified atom stereocenters. The lowest BCUT2D eigenvalue weighted by molar-refractivity contribution is -0.140. The lowest BCUT2D eigenvalue weighted by Gasteiger charge is -2.60. The molecular formula is C29H50O. The SMILES string of the molecule is CC[C@H](CC[C@@H](C)[C@H]1CC[C@H]2[C@@H]3CC[C@@H]4CC(=O)CC[C@]4(C)[C@@H]3CC[C@]12C)C(C)C. The smallest absolute Gasteiger partial charge is 0.133 e. The molecule has 1 nitrogen and oxygen atoms in total. The Hall–Kier alpha value is -0.330. The molecular weight excluding hydrogens is 364 g/mol. The molecule has 9 atom stereocenters. The fourth-order valence-electron chi connectivity index (χ4n) is 9.71. The van der Waals surface area contributed by atoms with E-state index >= 15 is 0 Å². The van der Waals surface area contributed by atoms with Crippen molar-refractivity contribution in [1.29, 1.82) is 0 Å². The van der Waals surface area contributed by atoms with Crippen molar-refractivity contribution in [2.75, 3.05) is 0 Å². The van der Waals surface area contributed by atoms with Gasteiger partial charge < -0.3 is 0 Å². The van der Waals surface area contributed by atoms with Crippen molar-refractivity contribution in [1.82, 2.24) is 0 Å². The molecule has 0 saturated heterocycles. The van der Waals surface area contributed by atoms with Gasteiger partial charge in [0.25, 0.3) is 0 Å². The lowest BCUT2D eigenvalue weighted by atomic mass is 9.44. The van der Waals surface area contributed by atoms with E-state index in [-0.39, 0.29) is 0 Å². The maximum atomic E-state index is 12.1. The summed E-state index contributed by atoms with van der Waals surface area (Å²) in [5, 5.41) is 0. The summed E-state index contributed by atoms with van der Waals surface area (Å²) in [7, 11) is 0. The van der Waals surface area contributed by atoms with Crippen molar-refractivity contribution >= 4 is 5.78 Å². The average molecular weight is 415 g/mol. The van der Waals surface area contributed by atoms with E-state index in [1.807, 2.05) is 0 Å². The third kappa shape index (κ3) is 3.73. The zero-order valence-corrected chi connectivity index (χ0v) is 21.0. The quantitative estimate of drug-likeness (QED) is 0.427. The first-order valence-electron chi connectivity index (χ1n) is 13.7. The highest BCUT2D eigenvalue weighted by Gasteiger charge is 2.60. The molecule has 4 rings (SSSR count). The Morgan fingerprint density at radius 1 is 0.900 bits per heavy atom. The summed E-state index contributed by atoms with van der Waals surface area (Å²) in [6, 6.07) is 0. The Kier molecular flexibility index (Phi) is 6.51. The Labute approximate surface area is 187 Å². The van der Waals surface area contributed by atoms with E-state index in [0.717, 1.165) is 54.3 Å². The van der Waals surface area contributed by atoms with Gasteiger partial charge in [-0.05, 0) is 110 Å². The summed E-state index contributed by atoms with van der Waals surface area (Å²) in [5.41, 5.74) is 1.06. The summed E-state index contributed by atoms with van der Waals surface area (Å²) < 4.78 is 0. The van der Waals surface area contributed by atoms with Crippen LogP contribution in [0.25, 0.3) is 0 Å². The van der Waals surface area contributed by atoms with Crippen molar-refractivity contribution in [3.63, 3.8) is 0 Å². The normalized spacial score (nSPS) is 45.6. The van der Waals surface area contributed by atoms with Gasteiger partial charge >= 0.3 is 0 Å². The van der Waals surface area contributed by atoms with Crippen molar-refractivity contribution in [3.05, 3.63) is 0 Å². The van der Waals surface area contributed by atoms with Gasteiger partial charge in [-0.2, -0.15) is 0 Å². The fraction of sp³-hybridized carbons (Fsp3) is 0.966. The molecule has 0 amide bonds. The fourth-order valence-corrected chi connectivity index (χ4v) is 9.71. The van der Waals surface area contributed by atoms with Crippen molar-refractivity contribution in [3.8, 4) is 0 Å². The summed E-state index contributed by atoms with van der Waals surface area (Å²) in [4.78, 5) is 12.1. The predicted molar refractivity (Wildman–Crippen MR) is 127 cm³/mol. The molecule has 0 aromatic carbocycles. The highest BCUT2D eigenvalue weighted by molar-refractivity contribution is 5.79. The predicted octanol–water partition coefficient (Wildman–Crippen LogP) is 8.31. The first-order valence-corrected chi connectivity index (χ1v) is 13.7. The van der Waals surface area contributed by atoms with Gasteiger partial charge in [-0.3, -0.25) is 4.79 Å². The summed E-state index contributed by atoms with van der Waals surface area (Å²) in [6.07, 6.45) is 15.8. The number of ketones is 1. The van der Waals surface area contributed by atoms with Crippen LogP contribution in [0.5, 0.6) is 0 Å². The van der Waals surface area contributed by atoms with Crippen LogP contribution in [0.2, 0.25) is 0 Å². The van der Waals surface area contributed by atoms with Gasteiger partial charge in [0.15, 0.2) is 0 Å². The molecule has 0 spiro atoms. The van der Waals surface area contributed by atoms with E-state index < -0.39 is 0 Å². The van der Waals surface area contributed by atoms with E-state index in [2.05, 4.69) is 41.5 Å². The first kappa shape index (κ1) is 22.8. The van der Waals surface area contributed by atoms with Crippen molar-refractivity contribution < 1.29 is 4.79 Å². The molecule has 0 aliphatic heterocycles. The third-order valence-electron chi connectivity index (χ3n) is 11.7. The summed E-state index contributed by atoms with van der Waals surface area (Å²) in [5.74, 6) is 7.67. The molecule has 30 heavy (non-hydrogen) atoms. The highest BCUT2D eigenvalue weighted by atomic mass is 16.1. The molecule has 0 heterocycles. The Balaban J connectivity index is 1.45. The van der Waals surface area contributed by atoms with Gasteiger partial charge in [-0.25, -0.2) is 0 Å². The molecule has 4 saturated carbocycles. The zero-order chi connectivity index (χ0) is 21.7. The number of hydrogen-bond acceptors (Lipinski definition) is 1. The van der Waals surface area contributed by atoms with Crippen LogP contribution < -0.4 is 0 Å². The molecule has 0 N–H and O–H groups in total. The second-order valence-corrected chi connectivity index (χ2v) is 13.1. The minimum atomic E-state index is 0.466. The average Bonchev–Trinajstić information content (AvgIpc) is 3.06. The maximum absolute atomic E-state index is 12.1. The van der Waals surface area contributed by atoms with E-state index in [0.29, 0.717) is 22.5 Å². The molecule has 0 aromatic rings. The number of hydrogen-bond donors (Lipinski definition) is 0. The number of carbonyl (C=O) groups is 1. The number of rotatable bonds is 6. The minimum absolute atomic E-state index is 0.466. The minimum Gasteiger partial charge on any atom is -0.300 e. The highest BCUT2D eigenvalue weighted by Crippen LogP contribution is 2.68. The zero-order valence-electron chi connectivity index (χ0n) is 21.0. The Bertz CT molecular complexity index is 622. The van der Waals surface area contributed by atoms with Gasteiger partial charge in [0.05, 0.1) is 0 Å². The van der Waals surface area contributed by atoms with E-state index in [1.165, 1.54) is 64.2 Å². The summed E-state index contributed by atoms with van der Waals surface area (Å²) in [6.45, 7) is 15.1. The topological polar surface area (TPSA) is 17.1 Å². The molecule has 4 aliphatic rings. The Morgan fingerprint density at radius 3 is 2.33 bits per heavy atom. The van der Waals surface area contributed by atoms with Crippen molar-refractivity contribution in [2.24, 2.45) is 58.2 Å². The van der Waals surface area contributed by atoms with Gasteiger partial charge in [0.2, 0.25) is 0 Å². The molecule has 0 bridgehead atoms. The third-order valence-corrected chi connectivity index (χ3v) is 11.7. The van der Waals surface area contributed by atoms with Crippen LogP contribution in [0.1, 0.15) is 119 Å².